The maximum atomic E-state index is 5.79. The predicted molar refractivity (Wildman–Crippen MR) is 76.8 cm³/mol. The van der Waals surface area contributed by atoms with Gasteiger partial charge in [-0.3, -0.25) is 0 Å². The Bertz CT molecular complexity index is 387. The highest BCUT2D eigenvalue weighted by Crippen LogP contribution is 2.14. The zero-order valence-corrected chi connectivity index (χ0v) is 11.5. The Morgan fingerprint density at radius 1 is 1.50 bits per heavy atom. The van der Waals surface area contributed by atoms with Crippen molar-refractivity contribution in [2.24, 2.45) is 10.7 Å². The number of aliphatic imine (C=N–C) groups is 1. The molecule has 0 spiro atoms. The Hall–Kier alpha value is -1.78. The van der Waals surface area contributed by atoms with Gasteiger partial charge in [0.1, 0.15) is 5.82 Å². The number of rotatable bonds is 6. The first kappa shape index (κ1) is 14.3. The van der Waals surface area contributed by atoms with E-state index in [4.69, 9.17) is 5.73 Å². The fraction of sp³-hybridized carbons (Fsp3) is 0.538. The third-order valence-corrected chi connectivity index (χ3v) is 2.55. The molecular formula is C13H23N5. The average Bonchev–Trinajstić information content (AvgIpc) is 2.37. The van der Waals surface area contributed by atoms with Crippen LogP contribution in [-0.2, 0) is 6.54 Å². The van der Waals surface area contributed by atoms with Crippen molar-refractivity contribution < 1.29 is 0 Å². The van der Waals surface area contributed by atoms with Crippen molar-refractivity contribution in [2.45, 2.75) is 26.3 Å². The van der Waals surface area contributed by atoms with E-state index in [1.54, 1.807) is 6.20 Å². The van der Waals surface area contributed by atoms with Crippen LogP contribution < -0.4 is 16.0 Å². The topological polar surface area (TPSA) is 66.5 Å². The second-order valence-corrected chi connectivity index (χ2v) is 4.36. The smallest absolute Gasteiger partial charge is 0.188 e. The van der Waals surface area contributed by atoms with Gasteiger partial charge in [0.15, 0.2) is 5.96 Å². The van der Waals surface area contributed by atoms with Crippen LogP contribution in [0.15, 0.2) is 23.3 Å². The summed E-state index contributed by atoms with van der Waals surface area (Å²) in [6, 6.07) is 3.93. The number of nitrogens with one attached hydrogen (secondary N) is 1. The van der Waals surface area contributed by atoms with Crippen molar-refractivity contribution in [3.05, 3.63) is 23.9 Å². The van der Waals surface area contributed by atoms with E-state index in [9.17, 15) is 0 Å². The van der Waals surface area contributed by atoms with Crippen LogP contribution in [0.5, 0.6) is 0 Å². The first-order valence-electron chi connectivity index (χ1n) is 6.30. The largest absolute Gasteiger partial charge is 0.370 e. The molecular weight excluding hydrogens is 226 g/mol. The van der Waals surface area contributed by atoms with Crippen molar-refractivity contribution in [1.29, 1.82) is 0 Å². The summed E-state index contributed by atoms with van der Waals surface area (Å²) in [5, 5.41) is 3.10. The van der Waals surface area contributed by atoms with E-state index in [-0.39, 0.29) is 0 Å². The second-order valence-electron chi connectivity index (χ2n) is 4.36. The Morgan fingerprint density at radius 3 is 2.94 bits per heavy atom. The zero-order valence-electron chi connectivity index (χ0n) is 11.5. The average molecular weight is 249 g/mol. The highest BCUT2D eigenvalue weighted by molar-refractivity contribution is 5.77. The molecule has 100 valence electrons. The van der Waals surface area contributed by atoms with E-state index in [0.29, 0.717) is 12.5 Å². The number of guanidine groups is 1. The molecule has 0 saturated heterocycles. The fourth-order valence-corrected chi connectivity index (χ4v) is 1.58. The minimum Gasteiger partial charge on any atom is -0.370 e. The summed E-state index contributed by atoms with van der Waals surface area (Å²) in [4.78, 5) is 10.6. The molecule has 1 aromatic rings. The molecule has 0 aromatic carbocycles. The van der Waals surface area contributed by atoms with Crippen molar-refractivity contribution >= 4 is 11.8 Å². The molecule has 0 aliphatic carbocycles. The molecule has 0 fully saturated rings. The van der Waals surface area contributed by atoms with E-state index in [1.165, 1.54) is 0 Å². The number of aromatic nitrogens is 1. The van der Waals surface area contributed by atoms with E-state index in [0.717, 1.165) is 30.8 Å². The molecule has 1 heterocycles. The lowest BCUT2D eigenvalue weighted by atomic mass is 10.2. The molecule has 0 unspecified atom stereocenters. The number of nitrogens with two attached hydrogens (primary N) is 1. The molecule has 0 atom stereocenters. The molecule has 0 aliphatic heterocycles. The number of hydrogen-bond acceptors (Lipinski definition) is 3. The first-order chi connectivity index (χ1) is 8.65. The molecule has 1 aromatic heterocycles. The standard InChI is InChI=1S/C13H23N5/c1-4-5-8-16-13(14)17-10-11-7-6-9-15-12(11)18(2)3/h6-7,9H,4-5,8,10H2,1-3H3,(H3,14,16,17). The highest BCUT2D eigenvalue weighted by Gasteiger charge is 2.04. The third-order valence-electron chi connectivity index (χ3n) is 2.55. The summed E-state index contributed by atoms with van der Waals surface area (Å²) in [6.07, 6.45) is 4.03. The van der Waals surface area contributed by atoms with Gasteiger partial charge in [-0.1, -0.05) is 19.4 Å². The Labute approximate surface area is 109 Å². The molecule has 0 bridgehead atoms. The molecule has 0 aliphatic rings. The lowest BCUT2D eigenvalue weighted by Crippen LogP contribution is -2.32. The van der Waals surface area contributed by atoms with Crippen molar-refractivity contribution in [3.63, 3.8) is 0 Å². The van der Waals surface area contributed by atoms with Crippen molar-refractivity contribution in [1.82, 2.24) is 10.3 Å². The van der Waals surface area contributed by atoms with E-state index >= 15 is 0 Å². The molecule has 0 saturated carbocycles. The van der Waals surface area contributed by atoms with Gasteiger partial charge in [-0.2, -0.15) is 0 Å². The molecule has 5 nitrogen and oxygen atoms in total. The molecule has 1 rings (SSSR count). The van der Waals surface area contributed by atoms with Gasteiger partial charge in [0.05, 0.1) is 6.54 Å². The summed E-state index contributed by atoms with van der Waals surface area (Å²) in [7, 11) is 3.94. The zero-order chi connectivity index (χ0) is 13.4. The summed E-state index contributed by atoms with van der Waals surface area (Å²) in [5.41, 5.74) is 6.87. The molecule has 18 heavy (non-hydrogen) atoms. The maximum absolute atomic E-state index is 5.79. The van der Waals surface area contributed by atoms with E-state index in [2.05, 4.69) is 22.2 Å². The maximum Gasteiger partial charge on any atom is 0.188 e. The lowest BCUT2D eigenvalue weighted by Gasteiger charge is -2.14. The number of hydrogen-bond donors (Lipinski definition) is 2. The van der Waals surface area contributed by atoms with Gasteiger partial charge in [-0.05, 0) is 12.5 Å². The van der Waals surface area contributed by atoms with E-state index in [1.807, 2.05) is 31.1 Å². The van der Waals surface area contributed by atoms with Gasteiger partial charge in [0.25, 0.3) is 0 Å². The Balaban J connectivity index is 2.59. The summed E-state index contributed by atoms with van der Waals surface area (Å²) in [5.74, 6) is 1.43. The molecule has 0 radical (unpaired) electrons. The third kappa shape index (κ3) is 4.61. The normalized spacial score (nSPS) is 11.4. The SMILES string of the molecule is CCCCNC(N)=NCc1cccnc1N(C)C. The molecule has 3 N–H and O–H groups in total. The molecule has 0 amide bonds. The fourth-order valence-electron chi connectivity index (χ4n) is 1.58. The number of nitrogens with zero attached hydrogens (tertiary/aromatic N) is 3. The summed E-state index contributed by atoms with van der Waals surface area (Å²) in [6.45, 7) is 3.57. The minimum atomic E-state index is 0.497. The van der Waals surface area contributed by atoms with Crippen molar-refractivity contribution in [2.75, 3.05) is 25.5 Å². The minimum absolute atomic E-state index is 0.497. The van der Waals surface area contributed by atoms with Crippen LogP contribution in [0.25, 0.3) is 0 Å². The first-order valence-corrected chi connectivity index (χ1v) is 6.30. The van der Waals surface area contributed by atoms with Crippen LogP contribution in [0.4, 0.5) is 5.82 Å². The number of anilines is 1. The van der Waals surface area contributed by atoms with Crippen LogP contribution in [0.1, 0.15) is 25.3 Å². The van der Waals surface area contributed by atoms with Gasteiger partial charge in [0.2, 0.25) is 0 Å². The van der Waals surface area contributed by atoms with Crippen LogP contribution in [-0.4, -0.2) is 31.6 Å². The van der Waals surface area contributed by atoms with Gasteiger partial charge in [0, 0.05) is 32.4 Å². The lowest BCUT2D eigenvalue weighted by molar-refractivity contribution is 0.748. The summed E-state index contributed by atoms with van der Waals surface area (Å²) < 4.78 is 0. The van der Waals surface area contributed by atoms with Crippen molar-refractivity contribution in [3.8, 4) is 0 Å². The van der Waals surface area contributed by atoms with Gasteiger partial charge in [-0.15, -0.1) is 0 Å². The second kappa shape index (κ2) is 7.53. The monoisotopic (exact) mass is 249 g/mol. The van der Waals surface area contributed by atoms with Gasteiger partial charge >= 0.3 is 0 Å². The van der Waals surface area contributed by atoms with Gasteiger partial charge < -0.3 is 16.0 Å². The highest BCUT2D eigenvalue weighted by atomic mass is 15.1. The van der Waals surface area contributed by atoms with Crippen LogP contribution in [0, 0.1) is 0 Å². The van der Waals surface area contributed by atoms with E-state index < -0.39 is 0 Å². The van der Waals surface area contributed by atoms with Crippen LogP contribution in [0.2, 0.25) is 0 Å². The quantitative estimate of drug-likeness (QED) is 0.454. The summed E-state index contributed by atoms with van der Waals surface area (Å²) >= 11 is 0. The predicted octanol–water partition coefficient (Wildman–Crippen LogP) is 1.35. The Morgan fingerprint density at radius 2 is 2.28 bits per heavy atom. The van der Waals surface area contributed by atoms with Crippen LogP contribution in [0.3, 0.4) is 0 Å². The number of pyridine rings is 1. The number of unbranched alkanes of at least 4 members (excludes halogenated alkanes) is 1. The van der Waals surface area contributed by atoms with Crippen LogP contribution >= 0.6 is 0 Å². The van der Waals surface area contributed by atoms with Gasteiger partial charge in [-0.25, -0.2) is 9.98 Å². The molecule has 5 heteroatoms. The Kier molecular flexibility index (Phi) is 5.97.